The van der Waals surface area contributed by atoms with Crippen LogP contribution in [0.1, 0.15) is 10.4 Å². The number of ether oxygens (including phenoxy) is 2. The normalized spacial score (nSPS) is 16.5. The van der Waals surface area contributed by atoms with E-state index in [-0.39, 0.29) is 10.8 Å². The molecule has 0 radical (unpaired) electrons. The Labute approximate surface area is 87.0 Å². The molecule has 1 N–H and O–H groups in total. The second kappa shape index (κ2) is 2.96. The van der Waals surface area contributed by atoms with Crippen molar-refractivity contribution in [1.82, 2.24) is 0 Å². The summed E-state index contributed by atoms with van der Waals surface area (Å²) in [7, 11) is 0. The standard InChI is InChI=1S/C8H3ClF2O4/c9-3-1-2-4-6(5(3)7(12)13)15-8(10,11)14-4/h1-2H,(H,12,13). The van der Waals surface area contributed by atoms with Gasteiger partial charge in [0, 0.05) is 0 Å². The quantitative estimate of drug-likeness (QED) is 0.813. The minimum atomic E-state index is -3.85. The molecule has 4 nitrogen and oxygen atoms in total. The summed E-state index contributed by atoms with van der Waals surface area (Å²) in [5.41, 5.74) is -0.536. The van der Waals surface area contributed by atoms with Gasteiger partial charge >= 0.3 is 12.3 Å². The summed E-state index contributed by atoms with van der Waals surface area (Å²) in [4.78, 5) is 10.7. The number of aromatic carboxylic acids is 1. The molecule has 1 aliphatic rings. The summed E-state index contributed by atoms with van der Waals surface area (Å²) in [5, 5.41) is 8.54. The van der Waals surface area contributed by atoms with E-state index in [1.807, 2.05) is 0 Å². The maximum atomic E-state index is 12.6. The maximum absolute atomic E-state index is 12.6. The van der Waals surface area contributed by atoms with Crippen molar-refractivity contribution in [3.05, 3.63) is 22.7 Å². The molecule has 0 aromatic heterocycles. The van der Waals surface area contributed by atoms with Crippen molar-refractivity contribution in [2.24, 2.45) is 0 Å². The lowest BCUT2D eigenvalue weighted by Gasteiger charge is -2.05. The molecule has 7 heteroatoms. The van der Waals surface area contributed by atoms with Crippen LogP contribution in [0.15, 0.2) is 12.1 Å². The van der Waals surface area contributed by atoms with Gasteiger partial charge in [-0.25, -0.2) is 4.79 Å². The number of carboxylic acid groups (broad SMARTS) is 1. The summed E-state index contributed by atoms with van der Waals surface area (Å²) in [6, 6.07) is 2.26. The van der Waals surface area contributed by atoms with Crippen LogP contribution in [0, 0.1) is 0 Å². The highest BCUT2D eigenvalue weighted by atomic mass is 35.5. The van der Waals surface area contributed by atoms with Gasteiger partial charge in [0.05, 0.1) is 5.02 Å². The van der Waals surface area contributed by atoms with E-state index in [0.29, 0.717) is 0 Å². The van der Waals surface area contributed by atoms with Crippen LogP contribution < -0.4 is 9.47 Å². The molecule has 0 atom stereocenters. The Balaban J connectivity index is 2.60. The van der Waals surface area contributed by atoms with Gasteiger partial charge in [-0.15, -0.1) is 8.78 Å². The van der Waals surface area contributed by atoms with E-state index in [2.05, 4.69) is 9.47 Å². The predicted molar refractivity (Wildman–Crippen MR) is 44.6 cm³/mol. The Morgan fingerprint density at radius 3 is 2.67 bits per heavy atom. The van der Waals surface area contributed by atoms with Gasteiger partial charge in [-0.05, 0) is 12.1 Å². The van der Waals surface area contributed by atoms with Gasteiger partial charge < -0.3 is 14.6 Å². The number of carboxylic acids is 1. The van der Waals surface area contributed by atoms with Gasteiger partial charge in [0.1, 0.15) is 5.56 Å². The molecule has 80 valence electrons. The first-order chi connectivity index (χ1) is 6.91. The molecule has 1 aliphatic heterocycles. The van der Waals surface area contributed by atoms with Crippen LogP contribution in [0.4, 0.5) is 8.78 Å². The molecule has 1 heterocycles. The zero-order valence-corrected chi connectivity index (χ0v) is 7.72. The average molecular weight is 237 g/mol. The van der Waals surface area contributed by atoms with Gasteiger partial charge in [0.2, 0.25) is 0 Å². The minimum Gasteiger partial charge on any atom is -0.477 e. The summed E-state index contributed by atoms with van der Waals surface area (Å²) >= 11 is 5.53. The Kier molecular flexibility index (Phi) is 1.97. The van der Waals surface area contributed by atoms with Crippen LogP contribution in [-0.2, 0) is 0 Å². The first kappa shape index (κ1) is 9.97. The molecule has 0 saturated carbocycles. The number of benzene rings is 1. The molecule has 1 aromatic carbocycles. The third-order valence-corrected chi connectivity index (χ3v) is 2.05. The second-order valence-corrected chi connectivity index (χ2v) is 3.13. The molecule has 0 saturated heterocycles. The number of halogens is 3. The Morgan fingerprint density at radius 1 is 1.40 bits per heavy atom. The van der Waals surface area contributed by atoms with E-state index in [0.717, 1.165) is 12.1 Å². The van der Waals surface area contributed by atoms with Gasteiger partial charge in [0.25, 0.3) is 0 Å². The number of hydrogen-bond acceptors (Lipinski definition) is 3. The van der Waals surface area contributed by atoms with Crippen LogP contribution >= 0.6 is 11.6 Å². The number of carbonyl (C=O) groups is 1. The highest BCUT2D eigenvalue weighted by molar-refractivity contribution is 6.34. The van der Waals surface area contributed by atoms with Crippen LogP contribution in [0.5, 0.6) is 11.5 Å². The second-order valence-electron chi connectivity index (χ2n) is 2.72. The van der Waals surface area contributed by atoms with Crippen molar-refractivity contribution >= 4 is 17.6 Å². The Morgan fingerprint density at radius 2 is 2.07 bits per heavy atom. The molecule has 0 amide bonds. The van der Waals surface area contributed by atoms with E-state index in [1.54, 1.807) is 0 Å². The molecular formula is C8H3ClF2O4. The highest BCUT2D eigenvalue weighted by Crippen LogP contribution is 2.45. The topological polar surface area (TPSA) is 55.8 Å². The molecule has 0 spiro atoms. The average Bonchev–Trinajstić information content (AvgIpc) is 2.37. The van der Waals surface area contributed by atoms with Crippen molar-refractivity contribution in [1.29, 1.82) is 0 Å². The molecule has 0 bridgehead atoms. The monoisotopic (exact) mass is 236 g/mol. The maximum Gasteiger partial charge on any atom is 0.586 e. The van der Waals surface area contributed by atoms with Crippen LogP contribution in [-0.4, -0.2) is 17.4 Å². The lowest BCUT2D eigenvalue weighted by molar-refractivity contribution is -0.286. The number of rotatable bonds is 1. The van der Waals surface area contributed by atoms with Crippen molar-refractivity contribution < 1.29 is 28.2 Å². The highest BCUT2D eigenvalue weighted by Gasteiger charge is 2.45. The fourth-order valence-electron chi connectivity index (χ4n) is 1.19. The predicted octanol–water partition coefficient (Wildman–Crippen LogP) is 2.36. The van der Waals surface area contributed by atoms with Crippen LogP contribution in [0.3, 0.4) is 0 Å². The summed E-state index contributed by atoms with van der Waals surface area (Å²) in [6.45, 7) is 0. The van der Waals surface area contributed by atoms with Crippen molar-refractivity contribution in [3.8, 4) is 11.5 Å². The van der Waals surface area contributed by atoms with Crippen molar-refractivity contribution in [2.75, 3.05) is 0 Å². The van der Waals surface area contributed by atoms with Gasteiger partial charge in [-0.1, -0.05) is 11.6 Å². The van der Waals surface area contributed by atoms with E-state index in [4.69, 9.17) is 16.7 Å². The lowest BCUT2D eigenvalue weighted by atomic mass is 10.2. The first-order valence-corrected chi connectivity index (χ1v) is 4.10. The van der Waals surface area contributed by atoms with E-state index < -0.39 is 23.6 Å². The fourth-order valence-corrected chi connectivity index (χ4v) is 1.42. The zero-order valence-electron chi connectivity index (χ0n) is 6.96. The van der Waals surface area contributed by atoms with Crippen LogP contribution in [0.25, 0.3) is 0 Å². The lowest BCUT2D eigenvalue weighted by Crippen LogP contribution is -2.26. The van der Waals surface area contributed by atoms with Gasteiger partial charge in [-0.2, -0.15) is 0 Å². The summed E-state index contributed by atoms with van der Waals surface area (Å²) in [5.74, 6) is -2.36. The van der Waals surface area contributed by atoms with Gasteiger partial charge in [-0.3, -0.25) is 0 Å². The molecular weight excluding hydrogens is 234 g/mol. The van der Waals surface area contributed by atoms with E-state index >= 15 is 0 Å². The minimum absolute atomic E-state index is 0.192. The summed E-state index contributed by atoms with van der Waals surface area (Å²) in [6.07, 6.45) is -3.85. The SMILES string of the molecule is O=C(O)c1c(Cl)ccc2c1OC(F)(F)O2. The third-order valence-electron chi connectivity index (χ3n) is 1.73. The van der Waals surface area contributed by atoms with Crippen molar-refractivity contribution in [3.63, 3.8) is 0 Å². The van der Waals surface area contributed by atoms with Gasteiger partial charge in [0.15, 0.2) is 11.5 Å². The van der Waals surface area contributed by atoms with E-state index in [9.17, 15) is 13.6 Å². The molecule has 0 aliphatic carbocycles. The van der Waals surface area contributed by atoms with Crippen LogP contribution in [0.2, 0.25) is 5.02 Å². The fraction of sp³-hybridized carbons (Fsp3) is 0.125. The molecule has 15 heavy (non-hydrogen) atoms. The van der Waals surface area contributed by atoms with Crippen molar-refractivity contribution in [2.45, 2.75) is 6.29 Å². The number of hydrogen-bond donors (Lipinski definition) is 1. The smallest absolute Gasteiger partial charge is 0.477 e. The Hall–Kier alpha value is -1.56. The molecule has 1 aromatic rings. The number of fused-ring (bicyclic) bond motifs is 1. The van der Waals surface area contributed by atoms with E-state index in [1.165, 1.54) is 0 Å². The summed E-state index contributed by atoms with van der Waals surface area (Å²) < 4.78 is 33.4. The number of alkyl halides is 2. The molecule has 0 fully saturated rings. The molecule has 0 unspecified atom stereocenters. The third kappa shape index (κ3) is 1.56. The zero-order chi connectivity index (χ0) is 11.2. The Bertz CT molecular complexity index is 447. The molecule has 2 rings (SSSR count). The largest absolute Gasteiger partial charge is 0.586 e. The first-order valence-electron chi connectivity index (χ1n) is 3.72.